The van der Waals surface area contributed by atoms with Crippen LogP contribution in [0.4, 0.5) is 5.69 Å². The molecular formula is C17H27BrN2O. The Bertz CT molecular complexity index is 433. The minimum atomic E-state index is 0.383. The highest BCUT2D eigenvalue weighted by atomic mass is 79.9. The maximum absolute atomic E-state index is 5.83. The fourth-order valence-electron chi connectivity index (χ4n) is 2.68. The summed E-state index contributed by atoms with van der Waals surface area (Å²) in [6.07, 6.45) is 5.24. The van der Waals surface area contributed by atoms with Crippen molar-refractivity contribution < 1.29 is 4.74 Å². The third-order valence-electron chi connectivity index (χ3n) is 3.97. The van der Waals surface area contributed by atoms with Crippen LogP contribution in [0.3, 0.4) is 0 Å². The molecule has 0 radical (unpaired) electrons. The lowest BCUT2D eigenvalue weighted by Gasteiger charge is -2.29. The Balaban J connectivity index is 1.91. The Labute approximate surface area is 137 Å². The van der Waals surface area contributed by atoms with Crippen molar-refractivity contribution in [1.82, 2.24) is 5.32 Å². The smallest absolute Gasteiger partial charge is 0.0749 e. The van der Waals surface area contributed by atoms with Gasteiger partial charge in [-0.3, -0.25) is 0 Å². The van der Waals surface area contributed by atoms with Gasteiger partial charge in [0.15, 0.2) is 0 Å². The van der Waals surface area contributed by atoms with E-state index in [1.165, 1.54) is 41.4 Å². The molecule has 1 aromatic carbocycles. The van der Waals surface area contributed by atoms with Gasteiger partial charge in [0.25, 0.3) is 0 Å². The van der Waals surface area contributed by atoms with E-state index < -0.39 is 0 Å². The van der Waals surface area contributed by atoms with Crippen LogP contribution in [0, 0.1) is 0 Å². The van der Waals surface area contributed by atoms with Crippen molar-refractivity contribution in [3.63, 3.8) is 0 Å². The average Bonchev–Trinajstić information content (AvgIpc) is 2.50. The second-order valence-corrected chi connectivity index (χ2v) is 6.68. The molecule has 1 saturated heterocycles. The predicted molar refractivity (Wildman–Crippen MR) is 93.0 cm³/mol. The Morgan fingerprint density at radius 2 is 2.24 bits per heavy atom. The van der Waals surface area contributed by atoms with Crippen molar-refractivity contribution in [2.75, 3.05) is 31.6 Å². The summed E-state index contributed by atoms with van der Waals surface area (Å²) in [6.45, 7) is 6.06. The van der Waals surface area contributed by atoms with E-state index in [1.807, 2.05) is 0 Å². The highest BCUT2D eigenvalue weighted by molar-refractivity contribution is 9.10. The van der Waals surface area contributed by atoms with Crippen molar-refractivity contribution in [2.45, 2.75) is 45.3 Å². The SMILES string of the molecule is CCCNCc1ccc(N(C)CC2CCCCO2)cc1Br. The van der Waals surface area contributed by atoms with Gasteiger partial charge in [0.2, 0.25) is 0 Å². The number of nitrogens with zero attached hydrogens (tertiary/aromatic N) is 1. The van der Waals surface area contributed by atoms with Crippen LogP contribution in [-0.4, -0.2) is 32.8 Å². The van der Waals surface area contributed by atoms with E-state index in [0.717, 1.165) is 26.2 Å². The van der Waals surface area contributed by atoms with E-state index in [-0.39, 0.29) is 0 Å². The quantitative estimate of drug-likeness (QED) is 0.750. The second-order valence-electron chi connectivity index (χ2n) is 5.82. The molecule has 1 fully saturated rings. The van der Waals surface area contributed by atoms with Crippen molar-refractivity contribution in [2.24, 2.45) is 0 Å². The van der Waals surface area contributed by atoms with Gasteiger partial charge in [0, 0.05) is 36.9 Å². The molecule has 0 aliphatic carbocycles. The molecule has 0 aromatic heterocycles. The minimum absolute atomic E-state index is 0.383. The van der Waals surface area contributed by atoms with Gasteiger partial charge in [-0.2, -0.15) is 0 Å². The monoisotopic (exact) mass is 354 g/mol. The van der Waals surface area contributed by atoms with Gasteiger partial charge < -0.3 is 15.0 Å². The highest BCUT2D eigenvalue weighted by Crippen LogP contribution is 2.25. The predicted octanol–water partition coefficient (Wildman–Crippen LogP) is 3.95. The number of anilines is 1. The number of ether oxygens (including phenoxy) is 1. The first-order valence-corrected chi connectivity index (χ1v) is 8.82. The van der Waals surface area contributed by atoms with E-state index >= 15 is 0 Å². The second kappa shape index (κ2) is 8.76. The molecule has 0 spiro atoms. The first-order valence-electron chi connectivity index (χ1n) is 8.02. The van der Waals surface area contributed by atoms with Gasteiger partial charge in [-0.1, -0.05) is 28.9 Å². The van der Waals surface area contributed by atoms with Crippen molar-refractivity contribution in [3.05, 3.63) is 28.2 Å². The van der Waals surface area contributed by atoms with Crippen LogP contribution in [0.15, 0.2) is 22.7 Å². The third kappa shape index (κ3) is 5.28. The number of rotatable bonds is 7. The summed E-state index contributed by atoms with van der Waals surface area (Å²) in [5.74, 6) is 0. The first-order chi connectivity index (χ1) is 10.2. The number of benzene rings is 1. The molecule has 0 amide bonds. The normalized spacial score (nSPS) is 18.7. The lowest BCUT2D eigenvalue weighted by molar-refractivity contribution is 0.0216. The zero-order valence-electron chi connectivity index (χ0n) is 13.2. The van der Waals surface area contributed by atoms with Crippen LogP contribution < -0.4 is 10.2 Å². The number of likely N-dealkylation sites (N-methyl/N-ethyl adjacent to an activating group) is 1. The summed E-state index contributed by atoms with van der Waals surface area (Å²) in [5, 5.41) is 3.44. The lowest BCUT2D eigenvalue weighted by atomic mass is 10.1. The molecular weight excluding hydrogens is 328 g/mol. The number of hydrogen-bond donors (Lipinski definition) is 1. The maximum atomic E-state index is 5.83. The Morgan fingerprint density at radius 1 is 1.38 bits per heavy atom. The summed E-state index contributed by atoms with van der Waals surface area (Å²) in [5.41, 5.74) is 2.56. The summed E-state index contributed by atoms with van der Waals surface area (Å²) < 4.78 is 7.01. The van der Waals surface area contributed by atoms with E-state index in [2.05, 4.69) is 58.3 Å². The van der Waals surface area contributed by atoms with Crippen molar-refractivity contribution in [1.29, 1.82) is 0 Å². The van der Waals surface area contributed by atoms with Gasteiger partial charge in [-0.25, -0.2) is 0 Å². The average molecular weight is 355 g/mol. The summed E-state index contributed by atoms with van der Waals surface area (Å²) >= 11 is 3.69. The van der Waals surface area contributed by atoms with Gasteiger partial charge in [-0.05, 0) is 49.9 Å². The van der Waals surface area contributed by atoms with Crippen molar-refractivity contribution >= 4 is 21.6 Å². The summed E-state index contributed by atoms with van der Waals surface area (Å²) in [6, 6.07) is 6.63. The van der Waals surface area contributed by atoms with E-state index in [0.29, 0.717) is 6.10 Å². The van der Waals surface area contributed by atoms with Gasteiger partial charge in [-0.15, -0.1) is 0 Å². The lowest BCUT2D eigenvalue weighted by Crippen LogP contribution is -2.33. The van der Waals surface area contributed by atoms with Crippen molar-refractivity contribution in [3.8, 4) is 0 Å². The molecule has 1 aliphatic heterocycles. The van der Waals surface area contributed by atoms with Crippen LogP contribution in [0.25, 0.3) is 0 Å². The Kier molecular flexibility index (Phi) is 7.00. The molecule has 1 atom stereocenters. The number of hydrogen-bond acceptors (Lipinski definition) is 3. The van der Waals surface area contributed by atoms with Gasteiger partial charge in [0.05, 0.1) is 6.10 Å². The van der Waals surface area contributed by atoms with Crippen LogP contribution in [-0.2, 0) is 11.3 Å². The van der Waals surface area contributed by atoms with Crippen LogP contribution in [0.1, 0.15) is 38.2 Å². The van der Waals surface area contributed by atoms with E-state index in [1.54, 1.807) is 0 Å². The molecule has 0 saturated carbocycles. The summed E-state index contributed by atoms with van der Waals surface area (Å²) in [7, 11) is 2.15. The highest BCUT2D eigenvalue weighted by Gasteiger charge is 2.16. The van der Waals surface area contributed by atoms with Crippen LogP contribution in [0.5, 0.6) is 0 Å². The van der Waals surface area contributed by atoms with E-state index in [9.17, 15) is 0 Å². The minimum Gasteiger partial charge on any atom is -0.376 e. The van der Waals surface area contributed by atoms with E-state index in [4.69, 9.17) is 4.74 Å². The van der Waals surface area contributed by atoms with Crippen LogP contribution >= 0.6 is 15.9 Å². The molecule has 1 N–H and O–H groups in total. The van der Waals surface area contributed by atoms with Gasteiger partial charge >= 0.3 is 0 Å². The number of halogens is 1. The largest absolute Gasteiger partial charge is 0.376 e. The fraction of sp³-hybridized carbons (Fsp3) is 0.647. The van der Waals surface area contributed by atoms with Gasteiger partial charge in [0.1, 0.15) is 0 Å². The maximum Gasteiger partial charge on any atom is 0.0749 e. The molecule has 0 bridgehead atoms. The standard InChI is InChI=1S/C17H27BrN2O/c1-3-9-19-12-14-7-8-15(11-17(14)18)20(2)13-16-6-4-5-10-21-16/h7-8,11,16,19H,3-6,9-10,12-13H2,1-2H3. The first kappa shape index (κ1) is 16.8. The Hall–Kier alpha value is -0.580. The molecule has 1 unspecified atom stereocenters. The number of nitrogens with one attached hydrogen (secondary N) is 1. The molecule has 1 aliphatic rings. The third-order valence-corrected chi connectivity index (χ3v) is 4.71. The fourth-order valence-corrected chi connectivity index (χ4v) is 3.19. The molecule has 21 heavy (non-hydrogen) atoms. The summed E-state index contributed by atoms with van der Waals surface area (Å²) in [4.78, 5) is 2.30. The Morgan fingerprint density at radius 3 is 2.90 bits per heavy atom. The molecule has 4 heteroatoms. The van der Waals surface area contributed by atoms with Crippen LogP contribution in [0.2, 0.25) is 0 Å². The molecule has 1 aromatic rings. The molecule has 1 heterocycles. The molecule has 2 rings (SSSR count). The molecule has 3 nitrogen and oxygen atoms in total. The topological polar surface area (TPSA) is 24.5 Å². The molecule has 118 valence electrons. The zero-order chi connectivity index (χ0) is 15.1. The zero-order valence-corrected chi connectivity index (χ0v) is 14.8.